The smallest absolute Gasteiger partial charge is 0.407 e. The van der Waals surface area contributed by atoms with E-state index in [1.54, 1.807) is 0 Å². The number of benzene rings is 1. The summed E-state index contributed by atoms with van der Waals surface area (Å²) in [5.74, 6) is -2.75. The second-order valence-electron chi connectivity index (χ2n) is 8.77. The first kappa shape index (κ1) is 32.2. The van der Waals surface area contributed by atoms with Crippen molar-refractivity contribution in [2.24, 2.45) is 5.73 Å². The van der Waals surface area contributed by atoms with Crippen LogP contribution in [-0.4, -0.2) is 66.5 Å². The molecule has 0 fully saturated rings. The number of rotatable bonds is 16. The monoisotopic (exact) mass is 537 g/mol. The van der Waals surface area contributed by atoms with Crippen LogP contribution < -0.4 is 27.0 Å². The van der Waals surface area contributed by atoms with E-state index >= 15 is 0 Å². The van der Waals surface area contributed by atoms with Gasteiger partial charge in [0.05, 0.1) is 7.11 Å². The van der Waals surface area contributed by atoms with E-state index in [0.29, 0.717) is 25.7 Å². The van der Waals surface area contributed by atoms with Gasteiger partial charge in [-0.2, -0.15) is 0 Å². The van der Waals surface area contributed by atoms with E-state index in [1.165, 1.54) is 14.0 Å². The summed E-state index contributed by atoms with van der Waals surface area (Å²) in [5, 5.41) is 19.2. The summed E-state index contributed by atoms with van der Waals surface area (Å²) in [5.41, 5.74) is 4.70. The fourth-order valence-electron chi connectivity index (χ4n) is 3.33. The zero-order valence-electron chi connectivity index (χ0n) is 22.1. The van der Waals surface area contributed by atoms with Gasteiger partial charge in [0.2, 0.25) is 5.91 Å². The van der Waals surface area contributed by atoms with Gasteiger partial charge < -0.3 is 35.8 Å². The first-order valence-electron chi connectivity index (χ1n) is 12.5. The minimum absolute atomic E-state index is 0.00542. The van der Waals surface area contributed by atoms with Gasteiger partial charge in [-0.15, -0.1) is 0 Å². The van der Waals surface area contributed by atoms with Crippen LogP contribution in [0.4, 0.5) is 9.59 Å². The van der Waals surface area contributed by atoms with Crippen LogP contribution in [0.2, 0.25) is 0 Å². The standard InChI is InChI=1S/C25H39N5O8/c1-4-5-14-25(26,22(33)34)30-23(35)29-19(20(31)28-17(2)21(32)37-3)13-9-10-15-27-24(36)38-16-18-11-7-6-8-12-18/h6-8,11-12,17,19H,4-5,9-10,13-16,26H2,1-3H3,(H,27,36)(H,28,31)(H,33,34)(H2,29,30,35)/t17-,19-,25?/m1/s1. The van der Waals surface area contributed by atoms with Crippen molar-refractivity contribution >= 4 is 30.0 Å². The molecule has 13 heteroatoms. The van der Waals surface area contributed by atoms with E-state index in [9.17, 15) is 29.1 Å². The van der Waals surface area contributed by atoms with Gasteiger partial charge in [-0.3, -0.25) is 10.5 Å². The predicted octanol–water partition coefficient (Wildman–Crippen LogP) is 1.36. The molecule has 4 amide bonds. The molecule has 212 valence electrons. The zero-order chi connectivity index (χ0) is 28.6. The number of unbranched alkanes of at least 4 members (excludes halogenated alkanes) is 2. The molecule has 0 saturated carbocycles. The number of nitrogens with one attached hydrogen (secondary N) is 4. The SMILES string of the molecule is CCCCC(N)(NC(=O)N[C@H](CCCCNC(=O)OCc1ccccc1)C(=O)N[C@H](C)C(=O)OC)C(=O)O. The van der Waals surface area contributed by atoms with Gasteiger partial charge in [-0.05, 0) is 44.6 Å². The van der Waals surface area contributed by atoms with E-state index in [2.05, 4.69) is 26.0 Å². The maximum Gasteiger partial charge on any atom is 0.407 e. The maximum atomic E-state index is 12.8. The Labute approximate surface area is 222 Å². The third kappa shape index (κ3) is 11.9. The Hall–Kier alpha value is -3.87. The third-order valence-corrected chi connectivity index (χ3v) is 5.58. The van der Waals surface area contributed by atoms with Gasteiger partial charge in [0.15, 0.2) is 5.66 Å². The first-order chi connectivity index (χ1) is 18.0. The summed E-state index contributed by atoms with van der Waals surface area (Å²) < 4.78 is 9.73. The van der Waals surface area contributed by atoms with Crippen molar-refractivity contribution in [1.29, 1.82) is 0 Å². The molecule has 0 aromatic heterocycles. The van der Waals surface area contributed by atoms with Gasteiger partial charge in [0, 0.05) is 6.54 Å². The Morgan fingerprint density at radius 3 is 2.34 bits per heavy atom. The molecule has 0 bridgehead atoms. The number of aliphatic carboxylic acids is 1. The topological polar surface area (TPSA) is 198 Å². The van der Waals surface area contributed by atoms with Gasteiger partial charge in [0.25, 0.3) is 0 Å². The molecule has 0 aliphatic heterocycles. The number of alkyl carbamates (subject to hydrolysis) is 1. The number of carbonyl (C=O) groups excluding carboxylic acids is 4. The lowest BCUT2D eigenvalue weighted by atomic mass is 10.0. The van der Waals surface area contributed by atoms with E-state index in [1.807, 2.05) is 37.3 Å². The lowest BCUT2D eigenvalue weighted by Gasteiger charge is -2.28. The fourth-order valence-corrected chi connectivity index (χ4v) is 3.33. The summed E-state index contributed by atoms with van der Waals surface area (Å²) in [6.45, 7) is 3.66. The van der Waals surface area contributed by atoms with Gasteiger partial charge >= 0.3 is 24.1 Å². The zero-order valence-corrected chi connectivity index (χ0v) is 22.1. The highest BCUT2D eigenvalue weighted by Gasteiger charge is 2.36. The van der Waals surface area contributed by atoms with Gasteiger partial charge in [-0.25, -0.2) is 19.2 Å². The summed E-state index contributed by atoms with van der Waals surface area (Å²) >= 11 is 0. The van der Waals surface area contributed by atoms with Crippen molar-refractivity contribution in [3.05, 3.63) is 35.9 Å². The molecule has 0 saturated heterocycles. The highest BCUT2D eigenvalue weighted by molar-refractivity contribution is 5.91. The van der Waals surface area contributed by atoms with Crippen molar-refractivity contribution in [2.45, 2.75) is 76.7 Å². The van der Waals surface area contributed by atoms with Crippen LogP contribution in [0.3, 0.4) is 0 Å². The molecule has 0 radical (unpaired) electrons. The number of carboxylic acid groups (broad SMARTS) is 1. The van der Waals surface area contributed by atoms with Crippen molar-refractivity contribution in [3.63, 3.8) is 0 Å². The molecule has 38 heavy (non-hydrogen) atoms. The minimum Gasteiger partial charge on any atom is -0.478 e. The number of hydrogen-bond donors (Lipinski definition) is 6. The van der Waals surface area contributed by atoms with Crippen molar-refractivity contribution in [1.82, 2.24) is 21.3 Å². The predicted molar refractivity (Wildman–Crippen MR) is 138 cm³/mol. The van der Waals surface area contributed by atoms with Crippen LogP contribution in [0.15, 0.2) is 30.3 Å². The fraction of sp³-hybridized carbons (Fsp3) is 0.560. The Balaban J connectivity index is 2.65. The lowest BCUT2D eigenvalue weighted by Crippen LogP contribution is -2.65. The summed E-state index contributed by atoms with van der Waals surface area (Å²) in [6.07, 6.45) is 1.51. The summed E-state index contributed by atoms with van der Waals surface area (Å²) in [6, 6.07) is 6.16. The van der Waals surface area contributed by atoms with Crippen molar-refractivity contribution in [3.8, 4) is 0 Å². The van der Waals surface area contributed by atoms with Crippen LogP contribution >= 0.6 is 0 Å². The molecule has 0 heterocycles. The van der Waals surface area contributed by atoms with Crippen LogP contribution in [0, 0.1) is 0 Å². The largest absolute Gasteiger partial charge is 0.478 e. The van der Waals surface area contributed by atoms with Crippen LogP contribution in [0.25, 0.3) is 0 Å². The molecule has 7 N–H and O–H groups in total. The molecule has 1 rings (SSSR count). The molecule has 1 aromatic rings. The second kappa shape index (κ2) is 16.8. The summed E-state index contributed by atoms with van der Waals surface area (Å²) in [7, 11) is 1.18. The number of esters is 1. The second-order valence-corrected chi connectivity index (χ2v) is 8.77. The van der Waals surface area contributed by atoms with E-state index in [0.717, 1.165) is 5.56 Å². The molecular weight excluding hydrogens is 498 g/mol. The molecular formula is C25H39N5O8. The van der Waals surface area contributed by atoms with E-state index < -0.39 is 47.7 Å². The number of amides is 4. The maximum absolute atomic E-state index is 12.8. The average Bonchev–Trinajstić information content (AvgIpc) is 2.89. The number of nitrogens with two attached hydrogens (primary N) is 1. The number of ether oxygens (including phenoxy) is 2. The lowest BCUT2D eigenvalue weighted by molar-refractivity contribution is -0.145. The van der Waals surface area contributed by atoms with E-state index in [4.69, 9.17) is 10.5 Å². The quantitative estimate of drug-likeness (QED) is 0.102. The van der Waals surface area contributed by atoms with Gasteiger partial charge in [0.1, 0.15) is 18.7 Å². The molecule has 1 aromatic carbocycles. The summed E-state index contributed by atoms with van der Waals surface area (Å²) in [4.78, 5) is 60.5. The van der Waals surface area contributed by atoms with E-state index in [-0.39, 0.29) is 26.0 Å². The number of carbonyl (C=O) groups is 5. The normalized spacial score (nSPS) is 13.7. The number of methoxy groups -OCH3 is 1. The van der Waals surface area contributed by atoms with Gasteiger partial charge in [-0.1, -0.05) is 43.7 Å². The molecule has 1 unspecified atom stereocenters. The number of urea groups is 1. The average molecular weight is 538 g/mol. The highest BCUT2D eigenvalue weighted by atomic mass is 16.5. The third-order valence-electron chi connectivity index (χ3n) is 5.58. The highest BCUT2D eigenvalue weighted by Crippen LogP contribution is 2.10. The molecule has 3 atom stereocenters. The van der Waals surface area contributed by atoms with Crippen LogP contribution in [0.1, 0.15) is 57.9 Å². The number of carboxylic acids is 1. The molecule has 13 nitrogen and oxygen atoms in total. The Morgan fingerprint density at radius 2 is 1.74 bits per heavy atom. The Bertz CT molecular complexity index is 930. The Kier molecular flexibility index (Phi) is 14.2. The van der Waals surface area contributed by atoms with Crippen LogP contribution in [-0.2, 0) is 30.5 Å². The number of hydrogen-bond acceptors (Lipinski definition) is 8. The molecule has 0 spiro atoms. The van der Waals surface area contributed by atoms with Crippen molar-refractivity contribution < 1.29 is 38.6 Å². The van der Waals surface area contributed by atoms with Crippen molar-refractivity contribution in [2.75, 3.05) is 13.7 Å². The Morgan fingerprint density at radius 1 is 1.05 bits per heavy atom. The first-order valence-corrected chi connectivity index (χ1v) is 12.5. The molecule has 0 aliphatic rings. The van der Waals surface area contributed by atoms with Crippen LogP contribution in [0.5, 0.6) is 0 Å². The minimum atomic E-state index is -2.01. The molecule has 0 aliphatic carbocycles.